The van der Waals surface area contributed by atoms with Gasteiger partial charge in [-0.05, 0) is 42.8 Å². The summed E-state index contributed by atoms with van der Waals surface area (Å²) in [6, 6.07) is 13.1. The van der Waals surface area contributed by atoms with E-state index >= 15 is 0 Å². The SMILES string of the molecule is CC(NC(=O)COc1ccc(S(=O)(=O)N2CCOCC2)cc1)c1ccccc1Cl. The zero-order valence-corrected chi connectivity index (χ0v) is 17.6. The largest absolute Gasteiger partial charge is 0.484 e. The van der Waals surface area contributed by atoms with Gasteiger partial charge in [0, 0.05) is 18.1 Å². The number of morpholine rings is 1. The van der Waals surface area contributed by atoms with Crippen molar-refractivity contribution in [2.24, 2.45) is 0 Å². The molecule has 2 aromatic rings. The molecule has 156 valence electrons. The summed E-state index contributed by atoms with van der Waals surface area (Å²) in [6.07, 6.45) is 0. The molecule has 1 saturated heterocycles. The molecule has 1 N–H and O–H groups in total. The Morgan fingerprint density at radius 1 is 1.17 bits per heavy atom. The number of halogens is 1. The van der Waals surface area contributed by atoms with E-state index in [1.807, 2.05) is 25.1 Å². The van der Waals surface area contributed by atoms with Gasteiger partial charge in [-0.25, -0.2) is 8.42 Å². The van der Waals surface area contributed by atoms with E-state index in [1.165, 1.54) is 28.6 Å². The van der Waals surface area contributed by atoms with E-state index in [4.69, 9.17) is 21.1 Å². The van der Waals surface area contributed by atoms with E-state index in [9.17, 15) is 13.2 Å². The molecule has 3 rings (SSSR count). The van der Waals surface area contributed by atoms with Crippen molar-refractivity contribution in [3.63, 3.8) is 0 Å². The van der Waals surface area contributed by atoms with Gasteiger partial charge in [-0.3, -0.25) is 4.79 Å². The van der Waals surface area contributed by atoms with Crippen molar-refractivity contribution in [2.45, 2.75) is 17.9 Å². The fraction of sp³-hybridized carbons (Fsp3) is 0.350. The van der Waals surface area contributed by atoms with Crippen molar-refractivity contribution in [3.05, 3.63) is 59.1 Å². The topological polar surface area (TPSA) is 84.9 Å². The Morgan fingerprint density at radius 3 is 2.48 bits per heavy atom. The number of carbonyl (C=O) groups excluding carboxylic acids is 1. The Hall–Kier alpha value is -2.13. The van der Waals surface area contributed by atoms with Gasteiger partial charge in [-0.1, -0.05) is 29.8 Å². The molecular formula is C20H23ClN2O5S. The summed E-state index contributed by atoms with van der Waals surface area (Å²) in [4.78, 5) is 12.3. The molecular weight excluding hydrogens is 416 g/mol. The molecule has 1 unspecified atom stereocenters. The fourth-order valence-electron chi connectivity index (χ4n) is 2.98. The molecule has 1 aliphatic heterocycles. The molecule has 0 aliphatic carbocycles. The number of rotatable bonds is 7. The zero-order valence-electron chi connectivity index (χ0n) is 16.0. The summed E-state index contributed by atoms with van der Waals surface area (Å²) in [5.74, 6) is 0.105. The molecule has 1 atom stereocenters. The number of sulfonamides is 1. The van der Waals surface area contributed by atoms with Crippen molar-refractivity contribution in [1.29, 1.82) is 0 Å². The number of amides is 1. The highest BCUT2D eigenvalue weighted by Gasteiger charge is 2.26. The molecule has 1 aliphatic rings. The summed E-state index contributed by atoms with van der Waals surface area (Å²) in [5, 5.41) is 3.40. The first-order chi connectivity index (χ1) is 13.9. The van der Waals surface area contributed by atoms with Crippen molar-refractivity contribution in [3.8, 4) is 5.75 Å². The van der Waals surface area contributed by atoms with Gasteiger partial charge in [0.1, 0.15) is 5.75 Å². The van der Waals surface area contributed by atoms with Crippen LogP contribution in [0.15, 0.2) is 53.4 Å². The lowest BCUT2D eigenvalue weighted by Crippen LogP contribution is -2.40. The first-order valence-electron chi connectivity index (χ1n) is 9.22. The highest BCUT2D eigenvalue weighted by molar-refractivity contribution is 7.89. The third kappa shape index (κ3) is 5.48. The number of nitrogens with one attached hydrogen (secondary N) is 1. The molecule has 1 heterocycles. The van der Waals surface area contributed by atoms with Gasteiger partial charge in [0.25, 0.3) is 5.91 Å². The molecule has 0 bridgehead atoms. The highest BCUT2D eigenvalue weighted by atomic mass is 35.5. The van der Waals surface area contributed by atoms with Crippen LogP contribution >= 0.6 is 11.6 Å². The lowest BCUT2D eigenvalue weighted by atomic mass is 10.1. The highest BCUT2D eigenvalue weighted by Crippen LogP contribution is 2.22. The van der Waals surface area contributed by atoms with E-state index in [0.717, 1.165) is 5.56 Å². The molecule has 7 nitrogen and oxygen atoms in total. The monoisotopic (exact) mass is 438 g/mol. The molecule has 0 radical (unpaired) electrons. The first kappa shape index (κ1) is 21.6. The smallest absolute Gasteiger partial charge is 0.258 e. The van der Waals surface area contributed by atoms with Crippen LogP contribution in [0.25, 0.3) is 0 Å². The summed E-state index contributed by atoms with van der Waals surface area (Å²) in [7, 11) is -3.55. The van der Waals surface area contributed by atoms with Crippen LogP contribution in [-0.4, -0.2) is 51.5 Å². The number of carbonyl (C=O) groups is 1. The number of hydrogen-bond acceptors (Lipinski definition) is 5. The Labute approximate surface area is 175 Å². The Morgan fingerprint density at radius 2 is 1.83 bits per heavy atom. The van der Waals surface area contributed by atoms with Gasteiger partial charge in [0.2, 0.25) is 10.0 Å². The first-order valence-corrected chi connectivity index (χ1v) is 11.0. The van der Waals surface area contributed by atoms with Gasteiger partial charge >= 0.3 is 0 Å². The van der Waals surface area contributed by atoms with Crippen LogP contribution in [0.5, 0.6) is 5.75 Å². The maximum atomic E-state index is 12.6. The molecule has 29 heavy (non-hydrogen) atoms. The van der Waals surface area contributed by atoms with E-state index in [2.05, 4.69) is 5.32 Å². The van der Waals surface area contributed by atoms with E-state index in [-0.39, 0.29) is 23.5 Å². The van der Waals surface area contributed by atoms with Crippen LogP contribution in [0.1, 0.15) is 18.5 Å². The minimum atomic E-state index is -3.55. The molecule has 9 heteroatoms. The second-order valence-corrected chi connectivity index (χ2v) is 8.93. The van der Waals surface area contributed by atoms with E-state index in [0.29, 0.717) is 37.1 Å². The van der Waals surface area contributed by atoms with Crippen LogP contribution in [0.2, 0.25) is 5.02 Å². The van der Waals surface area contributed by atoms with Crippen LogP contribution in [0.4, 0.5) is 0 Å². The van der Waals surface area contributed by atoms with Gasteiger partial charge in [-0.2, -0.15) is 4.31 Å². The van der Waals surface area contributed by atoms with Gasteiger partial charge in [0.05, 0.1) is 24.2 Å². The molecule has 1 amide bonds. The summed E-state index contributed by atoms with van der Waals surface area (Å²) in [6.45, 7) is 3.10. The maximum absolute atomic E-state index is 12.6. The average molecular weight is 439 g/mol. The van der Waals surface area contributed by atoms with Crippen LogP contribution in [-0.2, 0) is 19.6 Å². The van der Waals surface area contributed by atoms with Crippen LogP contribution < -0.4 is 10.1 Å². The molecule has 0 aromatic heterocycles. The lowest BCUT2D eigenvalue weighted by molar-refractivity contribution is -0.123. The number of hydrogen-bond donors (Lipinski definition) is 1. The summed E-state index contributed by atoms with van der Waals surface area (Å²) >= 11 is 6.14. The lowest BCUT2D eigenvalue weighted by Gasteiger charge is -2.26. The average Bonchev–Trinajstić information content (AvgIpc) is 2.73. The van der Waals surface area contributed by atoms with Crippen molar-refractivity contribution in [2.75, 3.05) is 32.9 Å². The van der Waals surface area contributed by atoms with E-state index < -0.39 is 10.0 Å². The van der Waals surface area contributed by atoms with Gasteiger partial charge in [-0.15, -0.1) is 0 Å². The standard InChI is InChI=1S/C20H23ClN2O5S/c1-15(18-4-2-3-5-19(18)21)22-20(24)14-28-16-6-8-17(9-7-16)29(25,26)23-10-12-27-13-11-23/h2-9,15H,10-14H2,1H3,(H,22,24). The minimum absolute atomic E-state index is 0.184. The predicted molar refractivity (Wildman–Crippen MR) is 110 cm³/mol. The quantitative estimate of drug-likeness (QED) is 0.718. The minimum Gasteiger partial charge on any atom is -0.484 e. The second kappa shape index (κ2) is 9.58. The second-order valence-electron chi connectivity index (χ2n) is 6.59. The van der Waals surface area contributed by atoms with E-state index in [1.54, 1.807) is 6.07 Å². The Bertz CT molecular complexity index is 944. The number of nitrogens with zero attached hydrogens (tertiary/aromatic N) is 1. The van der Waals surface area contributed by atoms with Gasteiger partial charge < -0.3 is 14.8 Å². The molecule has 0 saturated carbocycles. The fourth-order valence-corrected chi connectivity index (χ4v) is 4.69. The third-order valence-electron chi connectivity index (χ3n) is 4.55. The number of ether oxygens (including phenoxy) is 2. The third-order valence-corrected chi connectivity index (χ3v) is 6.81. The Balaban J connectivity index is 1.54. The van der Waals surface area contributed by atoms with Crippen molar-refractivity contribution in [1.82, 2.24) is 9.62 Å². The number of benzene rings is 2. The van der Waals surface area contributed by atoms with Crippen molar-refractivity contribution >= 4 is 27.5 Å². The predicted octanol–water partition coefficient (Wildman–Crippen LogP) is 2.62. The van der Waals surface area contributed by atoms with Crippen LogP contribution in [0.3, 0.4) is 0 Å². The Kier molecular flexibility index (Phi) is 7.13. The van der Waals surface area contributed by atoms with Crippen LogP contribution in [0, 0.1) is 0 Å². The zero-order chi connectivity index (χ0) is 20.9. The molecule has 0 spiro atoms. The normalized spacial score (nSPS) is 16.2. The maximum Gasteiger partial charge on any atom is 0.258 e. The summed E-state index contributed by atoms with van der Waals surface area (Å²) < 4.78 is 37.3. The summed E-state index contributed by atoms with van der Waals surface area (Å²) in [5.41, 5.74) is 0.820. The molecule has 1 fully saturated rings. The van der Waals surface area contributed by atoms with Crippen molar-refractivity contribution < 1.29 is 22.7 Å². The molecule has 2 aromatic carbocycles. The van der Waals surface area contributed by atoms with Gasteiger partial charge in [0.15, 0.2) is 6.61 Å².